The Balaban J connectivity index is 1.44. The van der Waals surface area contributed by atoms with Crippen molar-refractivity contribution in [2.75, 3.05) is 16.8 Å². The standard InChI is InChI=1S/C18H17FN8S2/c1-9-13(23-10(2)28-9)8-27-4-3-14-15(12-7-22-26-16(12)27)24-18(29-14)25-17-20-5-11(19)6-21-17/h5-7H,3-4,8H2,1-2H3,(H,22,26)(H,20,21,24,25). The van der Waals surface area contributed by atoms with Gasteiger partial charge in [-0.2, -0.15) is 5.10 Å². The number of thiazole rings is 2. The average Bonchev–Trinajstić information content (AvgIpc) is 3.38. The van der Waals surface area contributed by atoms with Crippen LogP contribution in [0.4, 0.5) is 21.3 Å². The molecule has 29 heavy (non-hydrogen) atoms. The first-order valence-electron chi connectivity index (χ1n) is 9.02. The summed E-state index contributed by atoms with van der Waals surface area (Å²) < 4.78 is 13.0. The van der Waals surface area contributed by atoms with Crippen molar-refractivity contribution in [2.24, 2.45) is 0 Å². The fourth-order valence-electron chi connectivity index (χ4n) is 3.36. The summed E-state index contributed by atoms with van der Waals surface area (Å²) in [5, 5.41) is 12.2. The van der Waals surface area contributed by atoms with Crippen LogP contribution in [0.2, 0.25) is 0 Å². The third kappa shape index (κ3) is 3.47. The minimum atomic E-state index is -0.473. The van der Waals surface area contributed by atoms with E-state index in [0.29, 0.717) is 11.1 Å². The number of aromatic amines is 1. The zero-order valence-electron chi connectivity index (χ0n) is 15.7. The Labute approximate surface area is 173 Å². The summed E-state index contributed by atoms with van der Waals surface area (Å²) in [5.74, 6) is 0.793. The summed E-state index contributed by atoms with van der Waals surface area (Å²) in [6.45, 7) is 5.70. The van der Waals surface area contributed by atoms with Crippen LogP contribution in [-0.2, 0) is 13.0 Å². The maximum absolute atomic E-state index is 13.0. The van der Waals surface area contributed by atoms with E-state index in [1.165, 1.54) is 4.88 Å². The van der Waals surface area contributed by atoms with E-state index in [9.17, 15) is 4.39 Å². The first kappa shape index (κ1) is 18.1. The van der Waals surface area contributed by atoms with Crippen molar-refractivity contribution in [1.82, 2.24) is 30.1 Å². The predicted octanol–water partition coefficient (Wildman–Crippen LogP) is 3.84. The first-order valence-corrected chi connectivity index (χ1v) is 10.7. The van der Waals surface area contributed by atoms with Gasteiger partial charge in [0.15, 0.2) is 10.9 Å². The highest BCUT2D eigenvalue weighted by Crippen LogP contribution is 2.39. The molecule has 2 N–H and O–H groups in total. The summed E-state index contributed by atoms with van der Waals surface area (Å²) in [6.07, 6.45) is 4.91. The predicted molar refractivity (Wildman–Crippen MR) is 111 cm³/mol. The monoisotopic (exact) mass is 428 g/mol. The molecular formula is C18H17FN8S2. The summed E-state index contributed by atoms with van der Waals surface area (Å²) in [5.41, 5.74) is 2.96. The lowest BCUT2D eigenvalue weighted by Gasteiger charge is -2.21. The minimum absolute atomic E-state index is 0.318. The number of hydrogen-bond acceptors (Lipinski definition) is 9. The normalized spacial score (nSPS) is 13.1. The summed E-state index contributed by atoms with van der Waals surface area (Å²) in [6, 6.07) is 0. The molecule has 0 spiro atoms. The highest BCUT2D eigenvalue weighted by Gasteiger charge is 2.26. The Morgan fingerprint density at radius 3 is 2.76 bits per heavy atom. The van der Waals surface area contributed by atoms with E-state index in [4.69, 9.17) is 4.98 Å². The van der Waals surface area contributed by atoms with Crippen LogP contribution in [0.15, 0.2) is 18.6 Å². The number of rotatable bonds is 4. The molecule has 1 aliphatic heterocycles. The first-order chi connectivity index (χ1) is 14.1. The van der Waals surface area contributed by atoms with E-state index in [1.54, 1.807) is 22.7 Å². The topological polar surface area (TPSA) is 95.5 Å². The average molecular weight is 429 g/mol. The number of nitrogens with zero attached hydrogens (tertiary/aromatic N) is 6. The molecule has 0 fully saturated rings. The van der Waals surface area contributed by atoms with Crippen LogP contribution >= 0.6 is 22.7 Å². The van der Waals surface area contributed by atoms with E-state index in [2.05, 4.69) is 42.3 Å². The van der Waals surface area contributed by atoms with Gasteiger partial charge in [-0.15, -0.1) is 22.7 Å². The molecule has 8 nitrogen and oxygen atoms in total. The summed E-state index contributed by atoms with van der Waals surface area (Å²) >= 11 is 3.27. The third-order valence-electron chi connectivity index (χ3n) is 4.68. The fourth-order valence-corrected chi connectivity index (χ4v) is 5.14. The highest BCUT2D eigenvalue weighted by molar-refractivity contribution is 7.16. The number of halogens is 1. The Morgan fingerprint density at radius 2 is 2.00 bits per heavy atom. The van der Waals surface area contributed by atoms with Crippen LogP contribution in [0.5, 0.6) is 0 Å². The van der Waals surface area contributed by atoms with Gasteiger partial charge in [-0.25, -0.2) is 24.3 Å². The van der Waals surface area contributed by atoms with Gasteiger partial charge in [-0.1, -0.05) is 0 Å². The lowest BCUT2D eigenvalue weighted by atomic mass is 10.2. The molecule has 0 atom stereocenters. The molecule has 4 aromatic heterocycles. The Bertz CT molecular complexity index is 1160. The molecule has 0 saturated heterocycles. The number of anilines is 3. The fraction of sp³-hybridized carbons (Fsp3) is 0.278. The van der Waals surface area contributed by atoms with Crippen molar-refractivity contribution in [3.63, 3.8) is 0 Å². The van der Waals surface area contributed by atoms with E-state index < -0.39 is 5.82 Å². The number of aromatic nitrogens is 6. The molecule has 4 aromatic rings. The van der Waals surface area contributed by atoms with E-state index in [-0.39, 0.29) is 0 Å². The van der Waals surface area contributed by atoms with Crippen LogP contribution in [0.25, 0.3) is 11.3 Å². The number of H-pyrrole nitrogens is 1. The highest BCUT2D eigenvalue weighted by atomic mass is 32.1. The van der Waals surface area contributed by atoms with Crippen LogP contribution in [0, 0.1) is 19.7 Å². The van der Waals surface area contributed by atoms with Crippen molar-refractivity contribution in [3.8, 4) is 11.3 Å². The van der Waals surface area contributed by atoms with Gasteiger partial charge in [0, 0.05) is 22.7 Å². The van der Waals surface area contributed by atoms with Gasteiger partial charge in [0.2, 0.25) is 5.95 Å². The molecule has 0 unspecified atom stereocenters. The third-order valence-corrected chi connectivity index (χ3v) is 6.64. The van der Waals surface area contributed by atoms with Crippen molar-refractivity contribution in [2.45, 2.75) is 26.8 Å². The van der Waals surface area contributed by atoms with E-state index >= 15 is 0 Å². The van der Waals surface area contributed by atoms with Crippen LogP contribution in [0.1, 0.15) is 20.5 Å². The number of aryl methyl sites for hydroxylation is 2. The molecule has 0 bridgehead atoms. The zero-order chi connectivity index (χ0) is 20.0. The molecule has 0 amide bonds. The lowest BCUT2D eigenvalue weighted by molar-refractivity contribution is 0.614. The smallest absolute Gasteiger partial charge is 0.229 e. The van der Waals surface area contributed by atoms with Crippen molar-refractivity contribution in [1.29, 1.82) is 0 Å². The molecule has 5 rings (SSSR count). The molecule has 0 radical (unpaired) electrons. The molecule has 1 aliphatic rings. The van der Waals surface area contributed by atoms with Gasteiger partial charge in [-0.05, 0) is 13.8 Å². The molecule has 0 aromatic carbocycles. The quantitative estimate of drug-likeness (QED) is 0.510. The molecule has 148 valence electrons. The SMILES string of the molecule is Cc1nc(CN2CCc3sc(Nc4ncc(F)cn4)nc3-c3cn[nH]c32)c(C)s1. The molecule has 0 saturated carbocycles. The van der Waals surface area contributed by atoms with Gasteiger partial charge in [-0.3, -0.25) is 5.10 Å². The number of hydrogen-bond donors (Lipinski definition) is 2. The van der Waals surface area contributed by atoms with Gasteiger partial charge in [0.25, 0.3) is 0 Å². The molecule has 0 aliphatic carbocycles. The Hall–Kier alpha value is -2.92. The van der Waals surface area contributed by atoms with Gasteiger partial charge in [0.05, 0.1) is 47.1 Å². The molecule has 11 heteroatoms. The second-order valence-electron chi connectivity index (χ2n) is 6.68. The Morgan fingerprint density at radius 1 is 1.17 bits per heavy atom. The molecule has 5 heterocycles. The maximum atomic E-state index is 13.0. The van der Waals surface area contributed by atoms with Gasteiger partial charge < -0.3 is 10.2 Å². The number of fused-ring (bicyclic) bond motifs is 3. The second-order valence-corrected chi connectivity index (χ2v) is 9.17. The largest absolute Gasteiger partial charge is 0.350 e. The lowest BCUT2D eigenvalue weighted by Crippen LogP contribution is -2.25. The van der Waals surface area contributed by atoms with Crippen molar-refractivity contribution < 1.29 is 4.39 Å². The maximum Gasteiger partial charge on any atom is 0.229 e. The summed E-state index contributed by atoms with van der Waals surface area (Å²) in [4.78, 5) is 22.0. The van der Waals surface area contributed by atoms with Crippen molar-refractivity contribution >= 4 is 39.6 Å². The van der Waals surface area contributed by atoms with Gasteiger partial charge >= 0.3 is 0 Å². The summed E-state index contributed by atoms with van der Waals surface area (Å²) in [7, 11) is 0. The second kappa shape index (κ2) is 7.16. The van der Waals surface area contributed by atoms with Crippen LogP contribution in [-0.4, -0.2) is 36.7 Å². The minimum Gasteiger partial charge on any atom is -0.350 e. The Kier molecular flexibility index (Phi) is 4.47. The van der Waals surface area contributed by atoms with E-state index in [1.807, 2.05) is 13.1 Å². The number of nitrogens with one attached hydrogen (secondary N) is 2. The van der Waals surface area contributed by atoms with Crippen molar-refractivity contribution in [3.05, 3.63) is 44.9 Å². The van der Waals surface area contributed by atoms with Crippen LogP contribution in [0.3, 0.4) is 0 Å². The van der Waals surface area contributed by atoms with Crippen LogP contribution < -0.4 is 10.2 Å². The van der Waals surface area contributed by atoms with E-state index in [0.717, 1.165) is 64.6 Å². The molecular weight excluding hydrogens is 411 g/mol. The zero-order valence-corrected chi connectivity index (χ0v) is 17.4. The van der Waals surface area contributed by atoms with Gasteiger partial charge in [0.1, 0.15) is 5.82 Å².